The number of carboxylic acids is 1. The van der Waals surface area contributed by atoms with Crippen LogP contribution in [0.1, 0.15) is 31.2 Å². The standard InChI is InChI=1S/C15H19NO4/c16-9-15(14(19)20)7-2-1-5-11(15)8-10-4-3-6-12(17)13(10)18/h3-4,6,8,17-18H,1-2,5,7,9,16H2,(H,19,20)/b11-8-. The zero-order valence-corrected chi connectivity index (χ0v) is 11.2. The number of hydrogen-bond acceptors (Lipinski definition) is 4. The van der Waals surface area contributed by atoms with Crippen molar-refractivity contribution in [2.75, 3.05) is 6.54 Å². The lowest BCUT2D eigenvalue weighted by molar-refractivity contribution is -0.147. The fraction of sp³-hybridized carbons (Fsp3) is 0.400. The number of carboxylic acid groups (broad SMARTS) is 1. The first-order valence-electron chi connectivity index (χ1n) is 6.67. The summed E-state index contributed by atoms with van der Waals surface area (Å²) in [5.41, 5.74) is 5.78. The van der Waals surface area contributed by atoms with Gasteiger partial charge in [0.2, 0.25) is 0 Å². The number of hydrogen-bond donors (Lipinski definition) is 4. The van der Waals surface area contributed by atoms with Crippen molar-refractivity contribution < 1.29 is 20.1 Å². The highest BCUT2D eigenvalue weighted by Gasteiger charge is 2.42. The fourth-order valence-corrected chi connectivity index (χ4v) is 2.77. The van der Waals surface area contributed by atoms with Crippen molar-refractivity contribution in [2.24, 2.45) is 11.1 Å². The van der Waals surface area contributed by atoms with Crippen molar-refractivity contribution in [3.05, 3.63) is 29.3 Å². The Morgan fingerprint density at radius 3 is 2.75 bits per heavy atom. The number of nitrogens with two attached hydrogens (primary N) is 1. The lowest BCUT2D eigenvalue weighted by Crippen LogP contribution is -2.42. The highest BCUT2D eigenvalue weighted by molar-refractivity contribution is 5.82. The van der Waals surface area contributed by atoms with Crippen LogP contribution in [0.4, 0.5) is 0 Å². The quantitative estimate of drug-likeness (QED) is 0.633. The first-order valence-corrected chi connectivity index (χ1v) is 6.67. The molecule has 1 aromatic rings. The van der Waals surface area contributed by atoms with Gasteiger partial charge in [-0.3, -0.25) is 4.79 Å². The molecule has 1 aliphatic carbocycles. The SMILES string of the molecule is NCC1(C(=O)O)CCCC/C1=C/c1cccc(O)c1O. The van der Waals surface area contributed by atoms with E-state index in [1.165, 1.54) is 6.07 Å². The van der Waals surface area contributed by atoms with E-state index in [-0.39, 0.29) is 18.0 Å². The number of phenolic OH excluding ortho intramolecular Hbond substituents is 2. The van der Waals surface area contributed by atoms with Crippen LogP contribution in [0.2, 0.25) is 0 Å². The molecule has 0 bridgehead atoms. The first kappa shape index (κ1) is 14.4. The van der Waals surface area contributed by atoms with E-state index >= 15 is 0 Å². The van der Waals surface area contributed by atoms with Crippen molar-refractivity contribution in [3.8, 4) is 11.5 Å². The lowest BCUT2D eigenvalue weighted by Gasteiger charge is -2.35. The van der Waals surface area contributed by atoms with Gasteiger partial charge in [-0.25, -0.2) is 0 Å². The Hall–Kier alpha value is -2.01. The van der Waals surface area contributed by atoms with Crippen LogP contribution in [-0.4, -0.2) is 27.8 Å². The maximum Gasteiger partial charge on any atom is 0.315 e. The second kappa shape index (κ2) is 5.54. The Kier molecular flexibility index (Phi) is 3.99. The predicted octanol–water partition coefficient (Wildman–Crippen LogP) is 2.08. The number of carbonyl (C=O) groups is 1. The van der Waals surface area contributed by atoms with Crippen molar-refractivity contribution in [2.45, 2.75) is 25.7 Å². The average Bonchev–Trinajstić information content (AvgIpc) is 2.44. The highest BCUT2D eigenvalue weighted by Crippen LogP contribution is 2.42. The van der Waals surface area contributed by atoms with Gasteiger partial charge in [-0.2, -0.15) is 0 Å². The van der Waals surface area contributed by atoms with Gasteiger partial charge in [0.15, 0.2) is 11.5 Å². The fourth-order valence-electron chi connectivity index (χ4n) is 2.77. The molecular weight excluding hydrogens is 258 g/mol. The molecule has 1 saturated carbocycles. The zero-order chi connectivity index (χ0) is 14.8. The van der Waals surface area contributed by atoms with E-state index in [1.54, 1.807) is 18.2 Å². The van der Waals surface area contributed by atoms with Crippen LogP contribution in [0.15, 0.2) is 23.8 Å². The maximum absolute atomic E-state index is 11.6. The summed E-state index contributed by atoms with van der Waals surface area (Å²) in [6.07, 6.45) is 4.52. The molecule has 1 unspecified atom stereocenters. The van der Waals surface area contributed by atoms with Gasteiger partial charge in [0.05, 0.1) is 0 Å². The van der Waals surface area contributed by atoms with Gasteiger partial charge in [0, 0.05) is 12.1 Å². The van der Waals surface area contributed by atoms with E-state index in [1.807, 2.05) is 0 Å². The molecule has 1 atom stereocenters. The minimum absolute atomic E-state index is 0.0355. The molecule has 1 fully saturated rings. The first-order chi connectivity index (χ1) is 9.51. The summed E-state index contributed by atoms with van der Waals surface area (Å²) >= 11 is 0. The highest BCUT2D eigenvalue weighted by atomic mass is 16.4. The van der Waals surface area contributed by atoms with Gasteiger partial charge < -0.3 is 21.1 Å². The molecular formula is C15H19NO4. The van der Waals surface area contributed by atoms with Crippen LogP contribution in [0.3, 0.4) is 0 Å². The number of phenols is 2. The second-order valence-corrected chi connectivity index (χ2v) is 5.18. The molecule has 0 amide bonds. The Labute approximate surface area is 117 Å². The Balaban J connectivity index is 2.49. The lowest BCUT2D eigenvalue weighted by atomic mass is 9.69. The Bertz CT molecular complexity index is 553. The van der Waals surface area contributed by atoms with E-state index < -0.39 is 11.4 Å². The molecule has 5 heteroatoms. The van der Waals surface area contributed by atoms with Crippen molar-refractivity contribution in [1.82, 2.24) is 0 Å². The topological polar surface area (TPSA) is 104 Å². The Morgan fingerprint density at radius 1 is 1.35 bits per heavy atom. The van der Waals surface area contributed by atoms with Gasteiger partial charge in [-0.1, -0.05) is 30.2 Å². The van der Waals surface area contributed by atoms with Crippen molar-refractivity contribution in [1.29, 1.82) is 0 Å². The molecule has 20 heavy (non-hydrogen) atoms. The normalized spacial score (nSPS) is 24.8. The van der Waals surface area contributed by atoms with Gasteiger partial charge in [-0.05, 0) is 25.3 Å². The summed E-state index contributed by atoms with van der Waals surface area (Å²) in [6.45, 7) is 0.0355. The third-order valence-corrected chi connectivity index (χ3v) is 4.05. The summed E-state index contributed by atoms with van der Waals surface area (Å²) in [4.78, 5) is 11.6. The van der Waals surface area contributed by atoms with Crippen LogP contribution in [0.25, 0.3) is 6.08 Å². The molecule has 2 rings (SSSR count). The average molecular weight is 277 g/mol. The molecule has 0 heterocycles. The molecule has 0 spiro atoms. The molecule has 0 aromatic heterocycles. The summed E-state index contributed by atoms with van der Waals surface area (Å²) in [5.74, 6) is -1.38. The number of rotatable bonds is 3. The molecule has 108 valence electrons. The van der Waals surface area contributed by atoms with Gasteiger partial charge >= 0.3 is 5.97 Å². The van der Waals surface area contributed by atoms with E-state index in [9.17, 15) is 20.1 Å². The minimum Gasteiger partial charge on any atom is -0.504 e. The molecule has 5 nitrogen and oxygen atoms in total. The molecule has 5 N–H and O–H groups in total. The third-order valence-electron chi connectivity index (χ3n) is 4.05. The molecule has 0 radical (unpaired) electrons. The molecule has 1 aliphatic rings. The monoisotopic (exact) mass is 277 g/mol. The number of aromatic hydroxyl groups is 2. The second-order valence-electron chi connectivity index (χ2n) is 5.18. The summed E-state index contributed by atoms with van der Waals surface area (Å²) in [7, 11) is 0. The van der Waals surface area contributed by atoms with Crippen LogP contribution >= 0.6 is 0 Å². The Morgan fingerprint density at radius 2 is 2.10 bits per heavy atom. The van der Waals surface area contributed by atoms with Gasteiger partial charge in [-0.15, -0.1) is 0 Å². The van der Waals surface area contributed by atoms with E-state index in [2.05, 4.69) is 0 Å². The molecule has 1 aromatic carbocycles. The van der Waals surface area contributed by atoms with Crippen LogP contribution in [0.5, 0.6) is 11.5 Å². The van der Waals surface area contributed by atoms with Crippen LogP contribution < -0.4 is 5.73 Å². The zero-order valence-electron chi connectivity index (χ0n) is 11.2. The summed E-state index contributed by atoms with van der Waals surface area (Å²) in [6, 6.07) is 4.63. The number of aliphatic carboxylic acids is 1. The minimum atomic E-state index is -1.06. The predicted molar refractivity (Wildman–Crippen MR) is 75.3 cm³/mol. The number of para-hydroxylation sites is 1. The van der Waals surface area contributed by atoms with E-state index in [0.29, 0.717) is 24.0 Å². The third kappa shape index (κ3) is 2.36. The molecule has 0 aliphatic heterocycles. The smallest absolute Gasteiger partial charge is 0.315 e. The van der Waals surface area contributed by atoms with Crippen molar-refractivity contribution >= 4 is 12.0 Å². The van der Waals surface area contributed by atoms with Crippen molar-refractivity contribution in [3.63, 3.8) is 0 Å². The largest absolute Gasteiger partial charge is 0.504 e. The van der Waals surface area contributed by atoms with E-state index in [0.717, 1.165) is 12.8 Å². The van der Waals surface area contributed by atoms with Gasteiger partial charge in [0.1, 0.15) is 5.41 Å². The molecule has 0 saturated heterocycles. The summed E-state index contributed by atoms with van der Waals surface area (Å²) in [5, 5.41) is 28.9. The van der Waals surface area contributed by atoms with E-state index in [4.69, 9.17) is 5.73 Å². The summed E-state index contributed by atoms with van der Waals surface area (Å²) < 4.78 is 0. The number of benzene rings is 1. The van der Waals surface area contributed by atoms with Crippen LogP contribution in [-0.2, 0) is 4.79 Å². The van der Waals surface area contributed by atoms with Crippen LogP contribution in [0, 0.1) is 5.41 Å². The van der Waals surface area contributed by atoms with Gasteiger partial charge in [0.25, 0.3) is 0 Å². The maximum atomic E-state index is 11.6.